The Balaban J connectivity index is 1.58. The molecule has 4 aromatic rings. The second-order valence-corrected chi connectivity index (χ2v) is 11.0. The lowest BCUT2D eigenvalue weighted by molar-refractivity contribution is 0.0979. The minimum absolute atomic E-state index is 0.0116. The second-order valence-electron chi connectivity index (χ2n) is 9.29. The summed E-state index contributed by atoms with van der Waals surface area (Å²) in [7, 11) is -0.561. The summed E-state index contributed by atoms with van der Waals surface area (Å²) in [6, 6.07) is 24.1. The Morgan fingerprint density at radius 3 is 2.36 bits per heavy atom. The molecule has 0 aliphatic heterocycles. The van der Waals surface area contributed by atoms with E-state index >= 15 is 0 Å². The van der Waals surface area contributed by atoms with Crippen LogP contribution in [-0.2, 0) is 29.3 Å². The summed E-state index contributed by atoms with van der Waals surface area (Å²) in [5.41, 5.74) is 3.70. The summed E-state index contributed by atoms with van der Waals surface area (Å²) in [4.78, 5) is 24.3. The molecule has 1 N–H and O–H groups in total. The van der Waals surface area contributed by atoms with Crippen molar-refractivity contribution in [3.8, 4) is 5.75 Å². The number of nitrogens with zero attached hydrogens (tertiary/aromatic N) is 3. The highest BCUT2D eigenvalue weighted by Crippen LogP contribution is 2.19. The summed E-state index contributed by atoms with van der Waals surface area (Å²) < 4.78 is 33.3. The van der Waals surface area contributed by atoms with Gasteiger partial charge in [-0.1, -0.05) is 60.2 Å². The largest absolute Gasteiger partial charge is 0.497 e. The van der Waals surface area contributed by atoms with Crippen LogP contribution in [0.25, 0.3) is 0 Å². The van der Waals surface area contributed by atoms with Crippen molar-refractivity contribution in [3.05, 3.63) is 113 Å². The zero-order valence-electron chi connectivity index (χ0n) is 22.3. The maximum Gasteiger partial charge on any atom is 0.268 e. The predicted molar refractivity (Wildman–Crippen MR) is 152 cm³/mol. The Bertz CT molecular complexity index is 1520. The molecule has 39 heavy (non-hydrogen) atoms. The van der Waals surface area contributed by atoms with E-state index in [0.717, 1.165) is 23.3 Å². The van der Waals surface area contributed by atoms with Crippen LogP contribution in [0.5, 0.6) is 5.75 Å². The van der Waals surface area contributed by atoms with Gasteiger partial charge in [-0.05, 0) is 61.6 Å². The first kappa shape index (κ1) is 27.8. The van der Waals surface area contributed by atoms with E-state index < -0.39 is 15.9 Å². The fourth-order valence-electron chi connectivity index (χ4n) is 4.06. The standard InChI is InChI=1S/C30H32N4O4S/c1-22-12-15-26(16-13-22)39(36,37)33-29(35)27-21-31-30(34(2)19-18-23-8-5-4-6-9-23)32-28(27)17-14-24-10-7-11-25(20-24)38-3/h4-13,15-16,20-21H,14,17-19H2,1-3H3,(H,33,35). The molecule has 4 rings (SSSR count). The van der Waals surface area contributed by atoms with Crippen LogP contribution in [0.15, 0.2) is 90.0 Å². The van der Waals surface area contributed by atoms with Crippen LogP contribution in [0.1, 0.15) is 32.7 Å². The number of likely N-dealkylation sites (N-methyl/N-ethyl adjacent to an activating group) is 1. The van der Waals surface area contributed by atoms with E-state index in [1.54, 1.807) is 19.2 Å². The molecule has 1 heterocycles. The lowest BCUT2D eigenvalue weighted by Gasteiger charge is -2.19. The van der Waals surface area contributed by atoms with Gasteiger partial charge in [0, 0.05) is 19.8 Å². The third-order valence-electron chi connectivity index (χ3n) is 6.36. The first-order valence-corrected chi connectivity index (χ1v) is 14.1. The second kappa shape index (κ2) is 12.5. The van der Waals surface area contributed by atoms with Crippen LogP contribution < -0.4 is 14.4 Å². The van der Waals surface area contributed by atoms with E-state index in [1.807, 2.05) is 61.3 Å². The Morgan fingerprint density at radius 2 is 1.64 bits per heavy atom. The number of aromatic nitrogens is 2. The van der Waals surface area contributed by atoms with Crippen molar-refractivity contribution < 1.29 is 17.9 Å². The van der Waals surface area contributed by atoms with Gasteiger partial charge in [0.1, 0.15) is 5.75 Å². The molecule has 202 valence electrons. The normalized spacial score (nSPS) is 11.2. The maximum absolute atomic E-state index is 13.2. The number of anilines is 1. The molecule has 0 radical (unpaired) electrons. The number of amides is 1. The van der Waals surface area contributed by atoms with Crippen LogP contribution >= 0.6 is 0 Å². The third kappa shape index (κ3) is 7.42. The van der Waals surface area contributed by atoms with Gasteiger partial charge in [0.2, 0.25) is 5.95 Å². The van der Waals surface area contributed by atoms with Crippen molar-refractivity contribution in [2.45, 2.75) is 31.1 Å². The molecule has 0 aliphatic rings. The van der Waals surface area contributed by atoms with Gasteiger partial charge in [-0.25, -0.2) is 23.1 Å². The zero-order valence-corrected chi connectivity index (χ0v) is 23.1. The number of aryl methyl sites for hydroxylation is 3. The van der Waals surface area contributed by atoms with E-state index in [1.165, 1.54) is 23.9 Å². The van der Waals surface area contributed by atoms with Gasteiger partial charge in [0.15, 0.2) is 0 Å². The molecule has 0 fully saturated rings. The van der Waals surface area contributed by atoms with E-state index in [0.29, 0.717) is 31.0 Å². The van der Waals surface area contributed by atoms with Crippen molar-refractivity contribution in [2.24, 2.45) is 0 Å². The van der Waals surface area contributed by atoms with Gasteiger partial charge >= 0.3 is 0 Å². The van der Waals surface area contributed by atoms with Crippen LogP contribution in [-0.4, -0.2) is 45.0 Å². The molecule has 0 aliphatic carbocycles. The molecule has 8 nitrogen and oxygen atoms in total. The lowest BCUT2D eigenvalue weighted by Crippen LogP contribution is -2.32. The quantitative estimate of drug-likeness (QED) is 0.299. The van der Waals surface area contributed by atoms with Gasteiger partial charge in [-0.2, -0.15) is 0 Å². The zero-order chi connectivity index (χ0) is 27.8. The van der Waals surface area contributed by atoms with Gasteiger partial charge < -0.3 is 9.64 Å². The molecular formula is C30H32N4O4S. The molecule has 0 unspecified atom stereocenters. The Hall–Kier alpha value is -4.24. The number of rotatable bonds is 11. The highest BCUT2D eigenvalue weighted by molar-refractivity contribution is 7.90. The smallest absolute Gasteiger partial charge is 0.268 e. The van der Waals surface area contributed by atoms with Gasteiger partial charge in [0.05, 0.1) is 23.3 Å². The predicted octanol–water partition coefficient (Wildman–Crippen LogP) is 4.38. The van der Waals surface area contributed by atoms with Gasteiger partial charge in [-0.15, -0.1) is 0 Å². The molecular weight excluding hydrogens is 512 g/mol. The fourth-order valence-corrected chi connectivity index (χ4v) is 5.02. The number of methoxy groups -OCH3 is 1. The number of benzene rings is 3. The molecule has 0 saturated heterocycles. The Kier molecular flexibility index (Phi) is 8.93. The number of carbonyl (C=O) groups excluding carboxylic acids is 1. The van der Waals surface area contributed by atoms with Crippen LogP contribution in [0.4, 0.5) is 5.95 Å². The Labute approximate surface area is 229 Å². The van der Waals surface area contributed by atoms with Gasteiger partial charge in [0.25, 0.3) is 15.9 Å². The number of carbonyl (C=O) groups is 1. The highest BCUT2D eigenvalue weighted by atomic mass is 32.2. The Morgan fingerprint density at radius 1 is 0.923 bits per heavy atom. The molecule has 0 spiro atoms. The molecule has 9 heteroatoms. The first-order valence-electron chi connectivity index (χ1n) is 12.6. The van der Waals surface area contributed by atoms with E-state index in [2.05, 4.69) is 21.8 Å². The van der Waals surface area contributed by atoms with Crippen LogP contribution in [0, 0.1) is 6.92 Å². The minimum Gasteiger partial charge on any atom is -0.497 e. The molecule has 0 atom stereocenters. The number of hydrogen-bond acceptors (Lipinski definition) is 7. The molecule has 0 bridgehead atoms. The average Bonchev–Trinajstić information content (AvgIpc) is 2.95. The van der Waals surface area contributed by atoms with Crippen molar-refractivity contribution in [1.82, 2.24) is 14.7 Å². The van der Waals surface area contributed by atoms with E-state index in [9.17, 15) is 13.2 Å². The van der Waals surface area contributed by atoms with Crippen molar-refractivity contribution >= 4 is 21.9 Å². The maximum atomic E-state index is 13.2. The summed E-state index contributed by atoms with van der Waals surface area (Å²) in [6.07, 6.45) is 3.19. The summed E-state index contributed by atoms with van der Waals surface area (Å²) >= 11 is 0. The molecule has 0 saturated carbocycles. The summed E-state index contributed by atoms with van der Waals surface area (Å²) in [6.45, 7) is 2.53. The number of hydrogen-bond donors (Lipinski definition) is 1. The topological polar surface area (TPSA) is 101 Å². The number of nitrogens with one attached hydrogen (secondary N) is 1. The van der Waals surface area contributed by atoms with E-state index in [-0.39, 0.29) is 10.5 Å². The SMILES string of the molecule is COc1cccc(CCc2nc(N(C)CCc3ccccc3)ncc2C(=O)NS(=O)(=O)c2ccc(C)cc2)c1. The number of sulfonamides is 1. The van der Waals surface area contributed by atoms with Crippen molar-refractivity contribution in [1.29, 1.82) is 0 Å². The van der Waals surface area contributed by atoms with Crippen molar-refractivity contribution in [3.63, 3.8) is 0 Å². The summed E-state index contributed by atoms with van der Waals surface area (Å²) in [5.74, 6) is 0.429. The van der Waals surface area contributed by atoms with Crippen LogP contribution in [0.2, 0.25) is 0 Å². The monoisotopic (exact) mass is 544 g/mol. The molecule has 1 aromatic heterocycles. The molecule has 3 aromatic carbocycles. The lowest BCUT2D eigenvalue weighted by atomic mass is 10.0. The van der Waals surface area contributed by atoms with Crippen molar-refractivity contribution in [2.75, 3.05) is 25.6 Å². The fraction of sp³-hybridized carbons (Fsp3) is 0.233. The highest BCUT2D eigenvalue weighted by Gasteiger charge is 2.23. The average molecular weight is 545 g/mol. The first-order chi connectivity index (χ1) is 18.7. The minimum atomic E-state index is -4.07. The van der Waals surface area contributed by atoms with Crippen LogP contribution in [0.3, 0.4) is 0 Å². The van der Waals surface area contributed by atoms with E-state index in [4.69, 9.17) is 9.72 Å². The third-order valence-corrected chi connectivity index (χ3v) is 7.71. The molecule has 1 amide bonds. The summed E-state index contributed by atoms with van der Waals surface area (Å²) in [5, 5.41) is 0. The number of ether oxygens (including phenoxy) is 1. The van der Waals surface area contributed by atoms with Gasteiger partial charge in [-0.3, -0.25) is 4.79 Å².